The highest BCUT2D eigenvalue weighted by molar-refractivity contribution is 5.86. The highest BCUT2D eigenvalue weighted by atomic mass is 14.7. The van der Waals surface area contributed by atoms with Crippen molar-refractivity contribution >= 4 is 17.0 Å². The molecule has 0 radical (unpaired) electrons. The van der Waals surface area contributed by atoms with Crippen molar-refractivity contribution in [2.75, 3.05) is 0 Å². The SMILES string of the molecule is CC/C(C)=C\c1[nH]c2ccccc2c1C. The summed E-state index contributed by atoms with van der Waals surface area (Å²) < 4.78 is 0. The number of benzene rings is 1. The molecule has 0 saturated carbocycles. The van der Waals surface area contributed by atoms with E-state index in [1.54, 1.807) is 0 Å². The lowest BCUT2D eigenvalue weighted by molar-refractivity contribution is 1.11. The summed E-state index contributed by atoms with van der Waals surface area (Å²) in [4.78, 5) is 3.45. The van der Waals surface area contributed by atoms with E-state index < -0.39 is 0 Å². The maximum absolute atomic E-state index is 3.45. The Morgan fingerprint density at radius 2 is 2.07 bits per heavy atom. The molecule has 0 atom stereocenters. The predicted molar refractivity (Wildman–Crippen MR) is 67.0 cm³/mol. The van der Waals surface area contributed by atoms with E-state index in [9.17, 15) is 0 Å². The molecule has 0 bridgehead atoms. The lowest BCUT2D eigenvalue weighted by Gasteiger charge is -1.95. The first-order valence-electron chi connectivity index (χ1n) is 5.47. The first-order valence-corrected chi connectivity index (χ1v) is 5.47. The fourth-order valence-corrected chi connectivity index (χ4v) is 1.80. The average molecular weight is 199 g/mol. The molecule has 0 spiro atoms. The molecule has 0 amide bonds. The maximum atomic E-state index is 3.45. The summed E-state index contributed by atoms with van der Waals surface area (Å²) in [5.41, 5.74) is 5.23. The molecule has 0 aliphatic rings. The number of fused-ring (bicyclic) bond motifs is 1. The summed E-state index contributed by atoms with van der Waals surface area (Å²) in [7, 11) is 0. The van der Waals surface area contributed by atoms with Crippen LogP contribution in [0.3, 0.4) is 0 Å². The molecule has 1 N–H and O–H groups in total. The normalized spacial score (nSPS) is 12.3. The molecule has 0 saturated heterocycles. The molecule has 2 aromatic rings. The number of H-pyrrole nitrogens is 1. The Balaban J connectivity index is 2.58. The number of aryl methyl sites for hydroxylation is 1. The van der Waals surface area contributed by atoms with E-state index in [1.807, 2.05) is 0 Å². The monoisotopic (exact) mass is 199 g/mol. The number of aromatic nitrogens is 1. The van der Waals surface area contributed by atoms with Crippen LogP contribution in [0.2, 0.25) is 0 Å². The Bertz CT molecular complexity index is 503. The number of para-hydroxylation sites is 1. The van der Waals surface area contributed by atoms with E-state index in [0.29, 0.717) is 0 Å². The highest BCUT2D eigenvalue weighted by Gasteiger charge is 2.04. The molecule has 1 heteroatoms. The molecule has 0 fully saturated rings. The Kier molecular flexibility index (Phi) is 2.63. The summed E-state index contributed by atoms with van der Waals surface area (Å²) in [6.45, 7) is 6.53. The second kappa shape index (κ2) is 3.93. The summed E-state index contributed by atoms with van der Waals surface area (Å²) in [6, 6.07) is 8.45. The van der Waals surface area contributed by atoms with Gasteiger partial charge in [0.1, 0.15) is 0 Å². The van der Waals surface area contributed by atoms with E-state index in [-0.39, 0.29) is 0 Å². The van der Waals surface area contributed by atoms with Crippen LogP contribution >= 0.6 is 0 Å². The molecule has 0 aliphatic heterocycles. The third-order valence-electron chi connectivity index (χ3n) is 2.95. The zero-order chi connectivity index (χ0) is 10.8. The van der Waals surface area contributed by atoms with Gasteiger partial charge in [0, 0.05) is 16.6 Å². The van der Waals surface area contributed by atoms with Crippen LogP contribution in [0.1, 0.15) is 31.5 Å². The Labute approximate surface area is 90.8 Å². The molecule has 1 aromatic heterocycles. The van der Waals surface area contributed by atoms with Crippen molar-refractivity contribution in [1.82, 2.24) is 4.98 Å². The molecule has 0 unspecified atom stereocenters. The maximum Gasteiger partial charge on any atom is 0.0461 e. The summed E-state index contributed by atoms with van der Waals surface area (Å²) in [6.07, 6.45) is 3.35. The largest absolute Gasteiger partial charge is 0.355 e. The van der Waals surface area contributed by atoms with Gasteiger partial charge in [-0.15, -0.1) is 0 Å². The van der Waals surface area contributed by atoms with Gasteiger partial charge < -0.3 is 4.98 Å². The van der Waals surface area contributed by atoms with Gasteiger partial charge in [-0.05, 0) is 38.0 Å². The van der Waals surface area contributed by atoms with E-state index in [2.05, 4.69) is 56.1 Å². The van der Waals surface area contributed by atoms with Crippen molar-refractivity contribution in [3.63, 3.8) is 0 Å². The van der Waals surface area contributed by atoms with Crippen LogP contribution in [0.4, 0.5) is 0 Å². The van der Waals surface area contributed by atoms with Gasteiger partial charge >= 0.3 is 0 Å². The second-order valence-corrected chi connectivity index (χ2v) is 4.05. The quantitative estimate of drug-likeness (QED) is 0.742. The van der Waals surface area contributed by atoms with Gasteiger partial charge in [0.25, 0.3) is 0 Å². The van der Waals surface area contributed by atoms with Crippen molar-refractivity contribution in [3.05, 3.63) is 41.1 Å². The van der Waals surface area contributed by atoms with E-state index in [4.69, 9.17) is 0 Å². The zero-order valence-electron chi connectivity index (χ0n) is 9.59. The smallest absolute Gasteiger partial charge is 0.0461 e. The van der Waals surface area contributed by atoms with Gasteiger partial charge in [-0.1, -0.05) is 30.7 Å². The minimum Gasteiger partial charge on any atom is -0.355 e. The number of hydrogen-bond donors (Lipinski definition) is 1. The van der Waals surface area contributed by atoms with Crippen LogP contribution < -0.4 is 0 Å². The molecule has 78 valence electrons. The van der Waals surface area contributed by atoms with E-state index >= 15 is 0 Å². The van der Waals surface area contributed by atoms with Crippen LogP contribution in [0.15, 0.2) is 29.8 Å². The van der Waals surface area contributed by atoms with Crippen molar-refractivity contribution in [2.24, 2.45) is 0 Å². The minimum atomic E-state index is 1.11. The molecule has 2 rings (SSSR count). The number of allylic oxidation sites excluding steroid dienone is 1. The van der Waals surface area contributed by atoms with Gasteiger partial charge in [0.2, 0.25) is 0 Å². The Morgan fingerprint density at radius 1 is 1.33 bits per heavy atom. The molecule has 1 heterocycles. The molecule has 1 nitrogen and oxygen atoms in total. The molecular weight excluding hydrogens is 182 g/mol. The predicted octanol–water partition coefficient (Wildman–Crippen LogP) is 4.29. The minimum absolute atomic E-state index is 1.11. The number of aromatic amines is 1. The Hall–Kier alpha value is -1.50. The second-order valence-electron chi connectivity index (χ2n) is 4.05. The lowest BCUT2D eigenvalue weighted by Crippen LogP contribution is -1.78. The van der Waals surface area contributed by atoms with Gasteiger partial charge in [-0.3, -0.25) is 0 Å². The molecule has 15 heavy (non-hydrogen) atoms. The summed E-state index contributed by atoms with van der Waals surface area (Å²) in [5, 5.41) is 1.33. The summed E-state index contributed by atoms with van der Waals surface area (Å²) in [5.74, 6) is 0. The molecule has 1 aromatic carbocycles. The number of hydrogen-bond acceptors (Lipinski definition) is 0. The van der Waals surface area contributed by atoms with Gasteiger partial charge in [0.05, 0.1) is 0 Å². The van der Waals surface area contributed by atoms with E-state index in [0.717, 1.165) is 6.42 Å². The summed E-state index contributed by atoms with van der Waals surface area (Å²) >= 11 is 0. The van der Waals surface area contributed by atoms with Crippen LogP contribution in [-0.4, -0.2) is 4.98 Å². The molecular formula is C14H17N. The molecule has 0 aliphatic carbocycles. The fraction of sp³-hybridized carbons (Fsp3) is 0.286. The average Bonchev–Trinajstić information content (AvgIpc) is 2.57. The van der Waals surface area contributed by atoms with Gasteiger partial charge in [-0.2, -0.15) is 0 Å². The topological polar surface area (TPSA) is 15.8 Å². The number of rotatable bonds is 2. The standard InChI is InChI=1S/C14H17N/c1-4-10(2)9-14-11(3)12-7-5-6-8-13(12)15-14/h5-9,15H,4H2,1-3H3/b10-9-. The van der Waals surface area contributed by atoms with Crippen LogP contribution in [0.5, 0.6) is 0 Å². The van der Waals surface area contributed by atoms with Crippen LogP contribution in [0, 0.1) is 6.92 Å². The number of nitrogens with one attached hydrogen (secondary N) is 1. The van der Waals surface area contributed by atoms with Crippen molar-refractivity contribution in [2.45, 2.75) is 27.2 Å². The fourth-order valence-electron chi connectivity index (χ4n) is 1.80. The Morgan fingerprint density at radius 3 is 2.73 bits per heavy atom. The zero-order valence-corrected chi connectivity index (χ0v) is 9.59. The van der Waals surface area contributed by atoms with Crippen molar-refractivity contribution in [3.8, 4) is 0 Å². The third kappa shape index (κ3) is 1.82. The van der Waals surface area contributed by atoms with Crippen molar-refractivity contribution in [1.29, 1.82) is 0 Å². The highest BCUT2D eigenvalue weighted by Crippen LogP contribution is 2.23. The van der Waals surface area contributed by atoms with Crippen molar-refractivity contribution < 1.29 is 0 Å². The van der Waals surface area contributed by atoms with Crippen LogP contribution in [-0.2, 0) is 0 Å². The first-order chi connectivity index (χ1) is 7.22. The third-order valence-corrected chi connectivity index (χ3v) is 2.95. The van der Waals surface area contributed by atoms with E-state index in [1.165, 1.54) is 27.7 Å². The lowest BCUT2D eigenvalue weighted by atomic mass is 10.1. The van der Waals surface area contributed by atoms with Crippen LogP contribution in [0.25, 0.3) is 17.0 Å². The van der Waals surface area contributed by atoms with Gasteiger partial charge in [0.15, 0.2) is 0 Å². The first kappa shape index (κ1) is 10.0. The van der Waals surface area contributed by atoms with Gasteiger partial charge in [-0.25, -0.2) is 0 Å².